The fourth-order valence-electron chi connectivity index (χ4n) is 3.42. The van der Waals surface area contributed by atoms with Gasteiger partial charge in [-0.05, 0) is 49.8 Å². The molecule has 0 aliphatic carbocycles. The average molecular weight is 315 g/mol. The van der Waals surface area contributed by atoms with Crippen molar-refractivity contribution in [2.45, 2.75) is 49.6 Å². The van der Waals surface area contributed by atoms with Crippen LogP contribution in [0.3, 0.4) is 0 Å². The van der Waals surface area contributed by atoms with Crippen molar-refractivity contribution in [3.05, 3.63) is 30.1 Å². The van der Waals surface area contributed by atoms with Crippen LogP contribution in [-0.4, -0.2) is 40.9 Å². The molecule has 6 heteroatoms. The van der Waals surface area contributed by atoms with Gasteiger partial charge in [0.05, 0.1) is 5.75 Å². The third kappa shape index (κ3) is 2.85. The van der Waals surface area contributed by atoms with Gasteiger partial charge in [-0.25, -0.2) is 8.42 Å². The molecule has 2 aliphatic rings. The molecule has 2 bridgehead atoms. The third-order valence-electron chi connectivity index (χ3n) is 4.33. The minimum Gasteiger partial charge on any atom is -0.265 e. The van der Waals surface area contributed by atoms with Gasteiger partial charge in [-0.3, -0.25) is 4.98 Å². The second kappa shape index (κ2) is 5.62. The van der Waals surface area contributed by atoms with Crippen LogP contribution >= 0.6 is 11.6 Å². The Bertz CT molecular complexity index is 550. The Balaban J connectivity index is 1.70. The maximum absolute atomic E-state index is 12.6. The van der Waals surface area contributed by atoms with E-state index in [0.29, 0.717) is 6.42 Å². The second-order valence-electron chi connectivity index (χ2n) is 5.71. The summed E-state index contributed by atoms with van der Waals surface area (Å²) in [6.45, 7) is 0. The van der Waals surface area contributed by atoms with E-state index in [1.807, 2.05) is 12.1 Å². The lowest BCUT2D eigenvalue weighted by atomic mass is 10.1. The van der Waals surface area contributed by atoms with E-state index in [0.717, 1.165) is 31.2 Å². The summed E-state index contributed by atoms with van der Waals surface area (Å²) >= 11 is 6.21. The number of piperidine rings is 1. The molecule has 3 rings (SSSR count). The number of fused-ring (bicyclic) bond motifs is 2. The summed E-state index contributed by atoms with van der Waals surface area (Å²) in [5, 5.41) is 0.138. The van der Waals surface area contributed by atoms with E-state index in [1.54, 1.807) is 16.7 Å². The van der Waals surface area contributed by atoms with Crippen LogP contribution in [0, 0.1) is 0 Å². The Morgan fingerprint density at radius 3 is 2.40 bits per heavy atom. The normalized spacial score (nSPS) is 30.6. The lowest BCUT2D eigenvalue weighted by Gasteiger charge is -2.35. The molecule has 0 radical (unpaired) electrons. The molecule has 4 nitrogen and oxygen atoms in total. The van der Waals surface area contributed by atoms with E-state index in [4.69, 9.17) is 11.6 Å². The highest BCUT2D eigenvalue weighted by atomic mass is 35.5. The van der Waals surface area contributed by atoms with Crippen LogP contribution in [0.25, 0.3) is 0 Å². The Hall–Kier alpha value is -0.650. The van der Waals surface area contributed by atoms with Crippen molar-refractivity contribution < 1.29 is 8.42 Å². The summed E-state index contributed by atoms with van der Waals surface area (Å²) in [7, 11) is -3.19. The predicted octanol–water partition coefficient (Wildman–Crippen LogP) is 2.19. The molecule has 2 fully saturated rings. The number of rotatable bonds is 4. The van der Waals surface area contributed by atoms with Gasteiger partial charge < -0.3 is 0 Å². The minimum atomic E-state index is -3.19. The van der Waals surface area contributed by atoms with Gasteiger partial charge in [0, 0.05) is 29.9 Å². The van der Waals surface area contributed by atoms with E-state index in [1.165, 1.54) is 0 Å². The van der Waals surface area contributed by atoms with E-state index in [-0.39, 0.29) is 23.2 Å². The Kier molecular flexibility index (Phi) is 4.02. The van der Waals surface area contributed by atoms with Gasteiger partial charge in [0.1, 0.15) is 0 Å². The molecular formula is C14H19ClN2O2S. The van der Waals surface area contributed by atoms with Gasteiger partial charge in [0.2, 0.25) is 10.0 Å². The fourth-order valence-corrected chi connectivity index (χ4v) is 5.83. The quantitative estimate of drug-likeness (QED) is 0.800. The molecule has 20 heavy (non-hydrogen) atoms. The maximum atomic E-state index is 12.6. The molecule has 0 saturated carbocycles. The molecule has 0 amide bonds. The van der Waals surface area contributed by atoms with Crippen LogP contribution in [0.1, 0.15) is 31.2 Å². The van der Waals surface area contributed by atoms with Gasteiger partial charge in [-0.2, -0.15) is 4.31 Å². The van der Waals surface area contributed by atoms with Gasteiger partial charge >= 0.3 is 0 Å². The number of sulfonamides is 1. The molecule has 1 aromatic heterocycles. The van der Waals surface area contributed by atoms with Crippen LogP contribution in [0.15, 0.2) is 24.5 Å². The first kappa shape index (κ1) is 14.3. The number of hydrogen-bond acceptors (Lipinski definition) is 3. The number of alkyl halides is 1. The van der Waals surface area contributed by atoms with E-state index in [2.05, 4.69) is 4.98 Å². The highest BCUT2D eigenvalue weighted by molar-refractivity contribution is 7.89. The molecule has 0 aromatic carbocycles. The van der Waals surface area contributed by atoms with Crippen LogP contribution in [0.2, 0.25) is 0 Å². The zero-order valence-corrected chi connectivity index (χ0v) is 12.9. The molecule has 110 valence electrons. The van der Waals surface area contributed by atoms with Gasteiger partial charge in [0.25, 0.3) is 0 Å². The number of hydrogen-bond donors (Lipinski definition) is 0. The summed E-state index contributed by atoms with van der Waals surface area (Å²) < 4.78 is 26.9. The number of pyridine rings is 1. The number of aromatic nitrogens is 1. The Labute approximate surface area is 125 Å². The summed E-state index contributed by atoms with van der Waals surface area (Å²) in [6, 6.07) is 3.99. The summed E-state index contributed by atoms with van der Waals surface area (Å²) in [5.41, 5.74) is 1.02. The first-order chi connectivity index (χ1) is 9.56. The monoisotopic (exact) mass is 314 g/mol. The van der Waals surface area contributed by atoms with Crippen LogP contribution in [-0.2, 0) is 16.4 Å². The summed E-state index contributed by atoms with van der Waals surface area (Å²) in [6.07, 6.45) is 7.46. The molecular weight excluding hydrogens is 296 g/mol. The molecule has 3 heterocycles. The number of aryl methyl sites for hydroxylation is 1. The molecule has 2 unspecified atom stereocenters. The second-order valence-corrected chi connectivity index (χ2v) is 8.32. The smallest absolute Gasteiger partial charge is 0.214 e. The fraction of sp³-hybridized carbons (Fsp3) is 0.643. The Morgan fingerprint density at radius 2 is 1.80 bits per heavy atom. The van der Waals surface area contributed by atoms with Crippen molar-refractivity contribution in [1.82, 2.24) is 9.29 Å². The minimum absolute atomic E-state index is 0.124. The maximum Gasteiger partial charge on any atom is 0.214 e. The van der Waals surface area contributed by atoms with Crippen molar-refractivity contribution in [3.8, 4) is 0 Å². The van der Waals surface area contributed by atoms with Crippen LogP contribution < -0.4 is 0 Å². The van der Waals surface area contributed by atoms with Crippen molar-refractivity contribution >= 4 is 21.6 Å². The molecule has 2 aliphatic heterocycles. The highest BCUT2D eigenvalue weighted by Gasteiger charge is 2.45. The van der Waals surface area contributed by atoms with Gasteiger partial charge in [0.15, 0.2) is 0 Å². The predicted molar refractivity (Wildman–Crippen MR) is 79.3 cm³/mol. The van der Waals surface area contributed by atoms with Crippen LogP contribution in [0.4, 0.5) is 0 Å². The van der Waals surface area contributed by atoms with Crippen molar-refractivity contribution in [3.63, 3.8) is 0 Å². The number of nitrogens with zero attached hydrogens (tertiary/aromatic N) is 2. The third-order valence-corrected chi connectivity index (χ3v) is 6.64. The van der Waals surface area contributed by atoms with Crippen molar-refractivity contribution in [1.29, 1.82) is 0 Å². The first-order valence-electron chi connectivity index (χ1n) is 7.10. The molecule has 2 saturated heterocycles. The van der Waals surface area contributed by atoms with E-state index >= 15 is 0 Å². The SMILES string of the molecule is O=S(=O)(CCc1ccncc1)N1C2CCC1CC(Cl)C2. The topological polar surface area (TPSA) is 50.3 Å². The summed E-state index contributed by atoms with van der Waals surface area (Å²) in [4.78, 5) is 3.95. The lowest BCUT2D eigenvalue weighted by molar-refractivity contribution is 0.251. The molecule has 0 N–H and O–H groups in total. The standard InChI is InChI=1S/C14H19ClN2O2S/c15-12-9-13-1-2-14(10-12)17(13)20(18,19)8-5-11-3-6-16-7-4-11/h3-4,6-7,12-14H,1-2,5,8-10H2. The molecule has 1 aromatic rings. The largest absolute Gasteiger partial charge is 0.265 e. The molecule has 2 atom stereocenters. The average Bonchev–Trinajstić information content (AvgIpc) is 2.72. The van der Waals surface area contributed by atoms with Crippen molar-refractivity contribution in [2.75, 3.05) is 5.75 Å². The Morgan fingerprint density at radius 1 is 1.20 bits per heavy atom. The van der Waals surface area contributed by atoms with E-state index in [9.17, 15) is 8.42 Å². The highest BCUT2D eigenvalue weighted by Crippen LogP contribution is 2.39. The van der Waals surface area contributed by atoms with Crippen molar-refractivity contribution in [2.24, 2.45) is 0 Å². The molecule has 0 spiro atoms. The number of halogens is 1. The van der Waals surface area contributed by atoms with Gasteiger partial charge in [-0.15, -0.1) is 11.6 Å². The lowest BCUT2D eigenvalue weighted by Crippen LogP contribution is -2.47. The van der Waals surface area contributed by atoms with Gasteiger partial charge in [-0.1, -0.05) is 0 Å². The zero-order chi connectivity index (χ0) is 14.2. The van der Waals surface area contributed by atoms with E-state index < -0.39 is 10.0 Å². The first-order valence-corrected chi connectivity index (χ1v) is 9.15. The summed E-state index contributed by atoms with van der Waals surface area (Å²) in [5.74, 6) is 0.178. The zero-order valence-electron chi connectivity index (χ0n) is 11.3. The van der Waals surface area contributed by atoms with Crippen LogP contribution in [0.5, 0.6) is 0 Å².